The number of hydrogen-bond acceptors (Lipinski definition) is 2. The van der Waals surface area contributed by atoms with Crippen LogP contribution in [0.3, 0.4) is 0 Å². The van der Waals surface area contributed by atoms with Crippen molar-refractivity contribution in [2.45, 2.75) is 65.5 Å². The summed E-state index contributed by atoms with van der Waals surface area (Å²) >= 11 is 0. The van der Waals surface area contributed by atoms with Crippen molar-refractivity contribution in [3.05, 3.63) is 0 Å². The van der Waals surface area contributed by atoms with E-state index in [1.165, 1.54) is 25.7 Å². The Hall–Kier alpha value is -0.0800. The molecule has 0 aromatic rings. The SMILES string of the molecule is CCN(C(C)C)C(CN)C1CCC(C)CC1. The number of rotatable bonds is 5. The standard InChI is InChI=1S/C14H30N2/c1-5-16(11(2)3)14(10-15)13-8-6-12(4)7-9-13/h11-14H,5-10,15H2,1-4H3. The van der Waals surface area contributed by atoms with Gasteiger partial charge in [-0.3, -0.25) is 4.90 Å². The summed E-state index contributed by atoms with van der Waals surface area (Å²) in [5.74, 6) is 1.77. The van der Waals surface area contributed by atoms with Crippen LogP contribution in [0.15, 0.2) is 0 Å². The first-order chi connectivity index (χ1) is 7.60. The van der Waals surface area contributed by atoms with Crippen molar-refractivity contribution < 1.29 is 0 Å². The molecule has 1 rings (SSSR count). The summed E-state index contributed by atoms with van der Waals surface area (Å²) < 4.78 is 0. The molecule has 1 aliphatic rings. The first kappa shape index (κ1) is 14.0. The zero-order chi connectivity index (χ0) is 12.1. The minimum atomic E-state index is 0.609. The van der Waals surface area contributed by atoms with Gasteiger partial charge in [-0.05, 0) is 45.1 Å². The summed E-state index contributed by atoms with van der Waals surface area (Å²) in [6.45, 7) is 11.2. The van der Waals surface area contributed by atoms with Crippen LogP contribution in [-0.4, -0.2) is 30.1 Å². The molecule has 0 radical (unpaired) electrons. The van der Waals surface area contributed by atoms with E-state index in [0.29, 0.717) is 12.1 Å². The molecule has 1 fully saturated rings. The molecule has 0 aromatic heterocycles. The van der Waals surface area contributed by atoms with E-state index < -0.39 is 0 Å². The van der Waals surface area contributed by atoms with Gasteiger partial charge in [-0.25, -0.2) is 0 Å². The summed E-state index contributed by atoms with van der Waals surface area (Å²) in [4.78, 5) is 2.58. The summed E-state index contributed by atoms with van der Waals surface area (Å²) in [5, 5.41) is 0. The fraction of sp³-hybridized carbons (Fsp3) is 1.00. The third kappa shape index (κ3) is 3.46. The molecule has 0 bridgehead atoms. The molecule has 1 unspecified atom stereocenters. The summed E-state index contributed by atoms with van der Waals surface area (Å²) in [6, 6.07) is 1.23. The zero-order valence-corrected chi connectivity index (χ0v) is 11.6. The van der Waals surface area contributed by atoms with Gasteiger partial charge in [0.1, 0.15) is 0 Å². The second kappa shape index (κ2) is 6.61. The molecule has 1 saturated carbocycles. The van der Waals surface area contributed by atoms with Crippen molar-refractivity contribution in [2.24, 2.45) is 17.6 Å². The Morgan fingerprint density at radius 2 is 1.75 bits per heavy atom. The molecule has 0 spiro atoms. The van der Waals surface area contributed by atoms with E-state index in [0.717, 1.165) is 24.9 Å². The Balaban J connectivity index is 2.58. The van der Waals surface area contributed by atoms with Crippen molar-refractivity contribution in [3.63, 3.8) is 0 Å². The minimum Gasteiger partial charge on any atom is -0.329 e. The van der Waals surface area contributed by atoms with Crippen LogP contribution in [0.1, 0.15) is 53.4 Å². The van der Waals surface area contributed by atoms with Crippen LogP contribution in [-0.2, 0) is 0 Å². The fourth-order valence-corrected chi connectivity index (χ4v) is 3.25. The average Bonchev–Trinajstić information content (AvgIpc) is 2.26. The molecular formula is C14H30N2. The van der Waals surface area contributed by atoms with Gasteiger partial charge in [0, 0.05) is 18.6 Å². The highest BCUT2D eigenvalue weighted by atomic mass is 15.2. The van der Waals surface area contributed by atoms with Gasteiger partial charge in [0.15, 0.2) is 0 Å². The highest BCUT2D eigenvalue weighted by molar-refractivity contribution is 4.84. The first-order valence-corrected chi connectivity index (χ1v) is 7.05. The normalized spacial score (nSPS) is 28.7. The maximum absolute atomic E-state index is 6.01. The van der Waals surface area contributed by atoms with E-state index in [1.807, 2.05) is 0 Å². The molecule has 16 heavy (non-hydrogen) atoms. The van der Waals surface area contributed by atoms with Crippen LogP contribution in [0.2, 0.25) is 0 Å². The van der Waals surface area contributed by atoms with Crippen molar-refractivity contribution in [2.75, 3.05) is 13.1 Å². The molecule has 0 heterocycles. The predicted octanol–water partition coefficient (Wildman–Crippen LogP) is 2.87. The molecule has 2 nitrogen and oxygen atoms in total. The van der Waals surface area contributed by atoms with Crippen LogP contribution in [0, 0.1) is 11.8 Å². The van der Waals surface area contributed by atoms with E-state index in [2.05, 4.69) is 32.6 Å². The molecule has 0 aliphatic heterocycles. The minimum absolute atomic E-state index is 0.609. The Morgan fingerprint density at radius 1 is 1.19 bits per heavy atom. The van der Waals surface area contributed by atoms with Crippen molar-refractivity contribution in [3.8, 4) is 0 Å². The third-order valence-electron chi connectivity index (χ3n) is 4.30. The Labute approximate surface area is 102 Å². The molecule has 2 heteroatoms. The number of nitrogens with two attached hydrogens (primary N) is 1. The molecule has 0 saturated heterocycles. The Morgan fingerprint density at radius 3 is 2.12 bits per heavy atom. The molecule has 96 valence electrons. The quantitative estimate of drug-likeness (QED) is 0.781. The van der Waals surface area contributed by atoms with E-state index in [9.17, 15) is 0 Å². The second-order valence-electron chi connectivity index (χ2n) is 5.75. The summed E-state index contributed by atoms with van der Waals surface area (Å²) in [7, 11) is 0. The molecule has 0 aromatic carbocycles. The zero-order valence-electron chi connectivity index (χ0n) is 11.6. The van der Waals surface area contributed by atoms with Gasteiger partial charge in [-0.15, -0.1) is 0 Å². The van der Waals surface area contributed by atoms with Gasteiger partial charge in [-0.1, -0.05) is 26.7 Å². The van der Waals surface area contributed by atoms with Crippen LogP contribution in [0.4, 0.5) is 0 Å². The van der Waals surface area contributed by atoms with E-state index in [1.54, 1.807) is 0 Å². The number of likely N-dealkylation sites (N-methyl/N-ethyl adjacent to an activating group) is 1. The van der Waals surface area contributed by atoms with Crippen molar-refractivity contribution >= 4 is 0 Å². The van der Waals surface area contributed by atoms with Gasteiger partial charge in [-0.2, -0.15) is 0 Å². The Bertz CT molecular complexity index is 183. The molecule has 0 amide bonds. The molecular weight excluding hydrogens is 196 g/mol. The first-order valence-electron chi connectivity index (χ1n) is 7.05. The van der Waals surface area contributed by atoms with E-state index in [-0.39, 0.29) is 0 Å². The highest BCUT2D eigenvalue weighted by Crippen LogP contribution is 2.32. The summed E-state index contributed by atoms with van der Waals surface area (Å²) in [5.41, 5.74) is 6.01. The van der Waals surface area contributed by atoms with E-state index >= 15 is 0 Å². The van der Waals surface area contributed by atoms with Crippen molar-refractivity contribution in [1.29, 1.82) is 0 Å². The summed E-state index contributed by atoms with van der Waals surface area (Å²) in [6.07, 6.45) is 5.56. The average molecular weight is 226 g/mol. The number of hydrogen-bond donors (Lipinski definition) is 1. The molecule has 2 N–H and O–H groups in total. The van der Waals surface area contributed by atoms with Gasteiger partial charge >= 0.3 is 0 Å². The Kier molecular flexibility index (Phi) is 5.77. The van der Waals surface area contributed by atoms with Gasteiger partial charge in [0.2, 0.25) is 0 Å². The van der Waals surface area contributed by atoms with Crippen molar-refractivity contribution in [1.82, 2.24) is 4.90 Å². The highest BCUT2D eigenvalue weighted by Gasteiger charge is 2.29. The second-order valence-corrected chi connectivity index (χ2v) is 5.75. The maximum Gasteiger partial charge on any atom is 0.0249 e. The fourth-order valence-electron chi connectivity index (χ4n) is 3.25. The topological polar surface area (TPSA) is 29.3 Å². The number of nitrogens with zero attached hydrogens (tertiary/aromatic N) is 1. The lowest BCUT2D eigenvalue weighted by Crippen LogP contribution is -2.49. The van der Waals surface area contributed by atoms with Crippen LogP contribution in [0.5, 0.6) is 0 Å². The van der Waals surface area contributed by atoms with E-state index in [4.69, 9.17) is 5.73 Å². The maximum atomic E-state index is 6.01. The predicted molar refractivity (Wildman–Crippen MR) is 71.5 cm³/mol. The van der Waals surface area contributed by atoms with Gasteiger partial charge in [0.25, 0.3) is 0 Å². The molecule has 1 atom stereocenters. The van der Waals surface area contributed by atoms with Crippen LogP contribution in [0.25, 0.3) is 0 Å². The monoisotopic (exact) mass is 226 g/mol. The van der Waals surface area contributed by atoms with Gasteiger partial charge in [0.05, 0.1) is 0 Å². The lowest BCUT2D eigenvalue weighted by molar-refractivity contribution is 0.0902. The third-order valence-corrected chi connectivity index (χ3v) is 4.30. The smallest absolute Gasteiger partial charge is 0.0249 e. The van der Waals surface area contributed by atoms with Gasteiger partial charge < -0.3 is 5.73 Å². The van der Waals surface area contributed by atoms with Crippen LogP contribution >= 0.6 is 0 Å². The van der Waals surface area contributed by atoms with Crippen LogP contribution < -0.4 is 5.73 Å². The lowest BCUT2D eigenvalue weighted by atomic mass is 9.78. The lowest BCUT2D eigenvalue weighted by Gasteiger charge is -2.41. The molecule has 1 aliphatic carbocycles. The largest absolute Gasteiger partial charge is 0.329 e.